The van der Waals surface area contributed by atoms with Gasteiger partial charge in [0.2, 0.25) is 11.8 Å². The molecular formula is C11H21N3O. The number of nitrogens with one attached hydrogen (secondary N) is 1. The summed E-state index contributed by atoms with van der Waals surface area (Å²) in [7, 11) is 0. The van der Waals surface area contributed by atoms with E-state index in [2.05, 4.69) is 43.2 Å². The molecule has 4 nitrogen and oxygen atoms in total. The lowest BCUT2D eigenvalue weighted by Gasteiger charge is -2.10. The van der Waals surface area contributed by atoms with E-state index in [-0.39, 0.29) is 5.41 Å². The summed E-state index contributed by atoms with van der Waals surface area (Å²) < 4.78 is 5.57. The first-order valence-corrected chi connectivity index (χ1v) is 5.57. The van der Waals surface area contributed by atoms with Gasteiger partial charge in [-0.1, -0.05) is 27.7 Å². The molecule has 1 heterocycles. The Morgan fingerprint density at radius 3 is 2.47 bits per heavy atom. The minimum absolute atomic E-state index is 0.0535. The molecule has 15 heavy (non-hydrogen) atoms. The van der Waals surface area contributed by atoms with Crippen molar-refractivity contribution in [3.05, 3.63) is 11.8 Å². The molecule has 0 atom stereocenters. The van der Waals surface area contributed by atoms with Crippen molar-refractivity contribution in [2.75, 3.05) is 13.1 Å². The molecule has 0 amide bonds. The number of hydrogen-bond donors (Lipinski definition) is 1. The van der Waals surface area contributed by atoms with Crippen molar-refractivity contribution in [1.82, 2.24) is 15.5 Å². The number of nitrogens with zero attached hydrogens (tertiary/aromatic N) is 2. The molecule has 0 bridgehead atoms. The van der Waals surface area contributed by atoms with Crippen LogP contribution in [-0.2, 0) is 11.8 Å². The van der Waals surface area contributed by atoms with Gasteiger partial charge in [0.15, 0.2) is 0 Å². The van der Waals surface area contributed by atoms with E-state index >= 15 is 0 Å². The first kappa shape index (κ1) is 12.2. The minimum Gasteiger partial charge on any atom is -0.425 e. The zero-order valence-electron chi connectivity index (χ0n) is 10.1. The van der Waals surface area contributed by atoms with Crippen LogP contribution < -0.4 is 5.32 Å². The Balaban J connectivity index is 2.40. The highest BCUT2D eigenvalue weighted by Gasteiger charge is 2.20. The Hall–Kier alpha value is -0.900. The average molecular weight is 211 g/mol. The lowest BCUT2D eigenvalue weighted by molar-refractivity contribution is 0.370. The second kappa shape index (κ2) is 5.26. The van der Waals surface area contributed by atoms with Crippen LogP contribution in [0.15, 0.2) is 4.42 Å². The molecule has 4 heteroatoms. The summed E-state index contributed by atoms with van der Waals surface area (Å²) in [4.78, 5) is 0. The van der Waals surface area contributed by atoms with Crippen LogP contribution in [0.3, 0.4) is 0 Å². The summed E-state index contributed by atoms with van der Waals surface area (Å²) in [5.74, 6) is 1.44. The maximum absolute atomic E-state index is 5.57. The zero-order chi connectivity index (χ0) is 11.3. The molecule has 86 valence electrons. The molecule has 0 fully saturated rings. The molecule has 0 aliphatic rings. The molecule has 0 aromatic carbocycles. The second-order valence-corrected chi connectivity index (χ2v) is 4.75. The Kier molecular flexibility index (Phi) is 4.27. The number of aromatic nitrogens is 2. The second-order valence-electron chi connectivity index (χ2n) is 4.75. The Bertz CT molecular complexity index is 288. The summed E-state index contributed by atoms with van der Waals surface area (Å²) >= 11 is 0. The van der Waals surface area contributed by atoms with Gasteiger partial charge in [-0.05, 0) is 13.0 Å². The fourth-order valence-electron chi connectivity index (χ4n) is 1.15. The third kappa shape index (κ3) is 4.00. The van der Waals surface area contributed by atoms with Gasteiger partial charge in [0.25, 0.3) is 0 Å². The van der Waals surface area contributed by atoms with Gasteiger partial charge in [0, 0.05) is 18.4 Å². The fourth-order valence-corrected chi connectivity index (χ4v) is 1.15. The van der Waals surface area contributed by atoms with Gasteiger partial charge >= 0.3 is 0 Å². The van der Waals surface area contributed by atoms with Crippen LogP contribution in [0.5, 0.6) is 0 Å². The molecule has 1 aromatic rings. The number of rotatable bonds is 5. The fraction of sp³-hybridized carbons (Fsp3) is 0.818. The smallest absolute Gasteiger partial charge is 0.221 e. The van der Waals surface area contributed by atoms with Crippen LogP contribution in [0, 0.1) is 0 Å². The molecule has 0 aliphatic carbocycles. The minimum atomic E-state index is -0.0535. The van der Waals surface area contributed by atoms with Gasteiger partial charge in [0.05, 0.1) is 0 Å². The lowest BCUT2D eigenvalue weighted by Crippen LogP contribution is -2.17. The molecule has 1 rings (SSSR count). The predicted octanol–water partition coefficient (Wildman–Crippen LogP) is 1.91. The van der Waals surface area contributed by atoms with E-state index in [1.54, 1.807) is 0 Å². The maximum atomic E-state index is 5.57. The average Bonchev–Trinajstić information content (AvgIpc) is 2.60. The van der Waals surface area contributed by atoms with Crippen LogP contribution in [0.4, 0.5) is 0 Å². The number of hydrogen-bond acceptors (Lipinski definition) is 4. The molecule has 0 saturated carbocycles. The summed E-state index contributed by atoms with van der Waals surface area (Å²) in [5.41, 5.74) is -0.0535. The van der Waals surface area contributed by atoms with Crippen molar-refractivity contribution < 1.29 is 4.42 Å². The van der Waals surface area contributed by atoms with Crippen molar-refractivity contribution >= 4 is 0 Å². The highest BCUT2D eigenvalue weighted by Crippen LogP contribution is 2.20. The largest absolute Gasteiger partial charge is 0.425 e. The van der Waals surface area contributed by atoms with Crippen LogP contribution in [0.25, 0.3) is 0 Å². The van der Waals surface area contributed by atoms with Gasteiger partial charge in [-0.3, -0.25) is 0 Å². The van der Waals surface area contributed by atoms with E-state index in [0.717, 1.165) is 31.8 Å². The Labute approximate surface area is 91.5 Å². The molecule has 1 N–H and O–H groups in total. The third-order valence-electron chi connectivity index (χ3n) is 2.05. The standard InChI is InChI=1S/C11H21N3O/c1-5-7-12-8-6-9-13-14-10(15-9)11(2,3)4/h12H,5-8H2,1-4H3. The first-order valence-electron chi connectivity index (χ1n) is 5.57. The van der Waals surface area contributed by atoms with Crippen molar-refractivity contribution in [3.8, 4) is 0 Å². The van der Waals surface area contributed by atoms with Crippen LogP contribution in [-0.4, -0.2) is 23.3 Å². The third-order valence-corrected chi connectivity index (χ3v) is 2.05. The van der Waals surface area contributed by atoms with Crippen LogP contribution in [0.1, 0.15) is 45.9 Å². The Morgan fingerprint density at radius 1 is 1.20 bits per heavy atom. The Morgan fingerprint density at radius 2 is 1.93 bits per heavy atom. The van der Waals surface area contributed by atoms with Gasteiger partial charge in [0.1, 0.15) is 0 Å². The van der Waals surface area contributed by atoms with Gasteiger partial charge in [-0.15, -0.1) is 10.2 Å². The molecular weight excluding hydrogens is 190 g/mol. The van der Waals surface area contributed by atoms with Crippen LogP contribution in [0.2, 0.25) is 0 Å². The summed E-state index contributed by atoms with van der Waals surface area (Å²) in [6.45, 7) is 10.3. The van der Waals surface area contributed by atoms with Gasteiger partial charge < -0.3 is 9.73 Å². The predicted molar refractivity (Wildman–Crippen MR) is 59.9 cm³/mol. The molecule has 0 spiro atoms. The molecule has 0 unspecified atom stereocenters. The van der Waals surface area contributed by atoms with E-state index in [0.29, 0.717) is 5.89 Å². The van der Waals surface area contributed by atoms with E-state index in [1.807, 2.05) is 0 Å². The highest BCUT2D eigenvalue weighted by atomic mass is 16.4. The van der Waals surface area contributed by atoms with E-state index in [9.17, 15) is 0 Å². The monoisotopic (exact) mass is 211 g/mol. The quantitative estimate of drug-likeness (QED) is 0.756. The normalized spacial score (nSPS) is 12.0. The highest BCUT2D eigenvalue weighted by molar-refractivity contribution is 4.96. The van der Waals surface area contributed by atoms with E-state index in [4.69, 9.17) is 4.42 Å². The first-order chi connectivity index (χ1) is 7.04. The summed E-state index contributed by atoms with van der Waals surface area (Å²) in [6.07, 6.45) is 1.96. The molecule has 0 radical (unpaired) electrons. The van der Waals surface area contributed by atoms with Crippen molar-refractivity contribution in [2.24, 2.45) is 0 Å². The molecule has 0 aliphatic heterocycles. The van der Waals surface area contributed by atoms with Gasteiger partial charge in [-0.25, -0.2) is 0 Å². The summed E-state index contributed by atoms with van der Waals surface area (Å²) in [6, 6.07) is 0. The topological polar surface area (TPSA) is 51.0 Å². The molecule has 0 saturated heterocycles. The van der Waals surface area contributed by atoms with Crippen molar-refractivity contribution in [2.45, 2.75) is 46.0 Å². The maximum Gasteiger partial charge on any atom is 0.221 e. The van der Waals surface area contributed by atoms with E-state index < -0.39 is 0 Å². The zero-order valence-corrected chi connectivity index (χ0v) is 10.1. The van der Waals surface area contributed by atoms with Crippen molar-refractivity contribution in [3.63, 3.8) is 0 Å². The SMILES string of the molecule is CCCNCCc1nnc(C(C)(C)C)o1. The van der Waals surface area contributed by atoms with E-state index in [1.165, 1.54) is 0 Å². The summed E-state index contributed by atoms with van der Waals surface area (Å²) in [5, 5.41) is 11.4. The molecule has 1 aromatic heterocycles. The van der Waals surface area contributed by atoms with Crippen molar-refractivity contribution in [1.29, 1.82) is 0 Å². The lowest BCUT2D eigenvalue weighted by atomic mass is 9.97. The van der Waals surface area contributed by atoms with Crippen LogP contribution >= 0.6 is 0 Å². The van der Waals surface area contributed by atoms with Gasteiger partial charge in [-0.2, -0.15) is 0 Å².